The number of rotatable bonds is 8. The molecule has 0 aliphatic heterocycles. The van der Waals surface area contributed by atoms with Gasteiger partial charge in [0.05, 0.1) is 51.9 Å². The monoisotopic (exact) mass is 802 g/mol. The predicted octanol–water partition coefficient (Wildman–Crippen LogP) is 8.38. The van der Waals surface area contributed by atoms with E-state index < -0.39 is 57.2 Å². The normalized spacial score (nSPS) is 24.8. The topological polar surface area (TPSA) is 154 Å². The lowest BCUT2D eigenvalue weighted by molar-refractivity contribution is -0.0270. The molecule has 3 heterocycles. The van der Waals surface area contributed by atoms with Crippen LogP contribution in [0.5, 0.6) is 23.0 Å². The molecule has 0 bridgehead atoms. The van der Waals surface area contributed by atoms with E-state index >= 15 is 0 Å². The van der Waals surface area contributed by atoms with Gasteiger partial charge in [-0.1, -0.05) is 30.2 Å². The first-order valence-corrected chi connectivity index (χ1v) is 19.4. The Hall–Kier alpha value is -6.30. The molecule has 0 amide bonds. The number of hydrogen-bond acceptors (Lipinski definition) is 12. The van der Waals surface area contributed by atoms with Gasteiger partial charge < -0.3 is 36.9 Å². The molecule has 3 aromatic heterocycles. The van der Waals surface area contributed by atoms with Crippen molar-refractivity contribution in [3.63, 3.8) is 0 Å². The molecule has 306 valence electrons. The summed E-state index contributed by atoms with van der Waals surface area (Å²) in [5.41, 5.74) is -0.140. The Labute approximate surface area is 339 Å². The lowest BCUT2D eigenvalue weighted by atomic mass is 9.40. The van der Waals surface area contributed by atoms with Crippen molar-refractivity contribution in [2.75, 3.05) is 35.5 Å². The summed E-state index contributed by atoms with van der Waals surface area (Å²) < 4.78 is 49.2. The van der Waals surface area contributed by atoms with Crippen molar-refractivity contribution < 1.29 is 41.7 Å². The number of allylic oxidation sites excluding steroid dienone is 6. The third-order valence-corrected chi connectivity index (χ3v) is 12.6. The molecule has 2 aromatic carbocycles. The number of methoxy groups -OCH3 is 5. The molecular weight excluding hydrogens is 757 g/mol. The van der Waals surface area contributed by atoms with Crippen molar-refractivity contribution in [1.29, 1.82) is 0 Å². The van der Waals surface area contributed by atoms with Crippen LogP contribution in [0.2, 0.25) is 0 Å². The van der Waals surface area contributed by atoms with Gasteiger partial charge in [0, 0.05) is 59.4 Å². The molecule has 6 atom stereocenters. The summed E-state index contributed by atoms with van der Waals surface area (Å²) in [6, 6.07) is 12.3. The molecule has 59 heavy (non-hydrogen) atoms. The first-order valence-electron chi connectivity index (χ1n) is 19.4. The molecule has 5 aromatic rings. The van der Waals surface area contributed by atoms with Crippen molar-refractivity contribution in [3.8, 4) is 23.0 Å². The molecular formula is C47H46O12. The number of ketones is 1. The SMILES string of the molecule is COC1=CC(=O)c2ccc(=O)oc2C12C(C=C(C)C)CC1(C)CC(C)=CC(c3c(OC)cc(OC)c4ccc(=O)oc34)C1C2c1c(OC)cc(OC)c2ccc(=O)oc12. The zero-order valence-electron chi connectivity index (χ0n) is 34.5. The van der Waals surface area contributed by atoms with E-state index in [-0.39, 0.29) is 28.2 Å². The lowest BCUT2D eigenvalue weighted by Crippen LogP contribution is -2.58. The summed E-state index contributed by atoms with van der Waals surface area (Å²) in [4.78, 5) is 54.3. The molecule has 8 rings (SSSR count). The van der Waals surface area contributed by atoms with Crippen LogP contribution in [0.25, 0.3) is 21.9 Å². The molecule has 1 spiro atoms. The lowest BCUT2D eigenvalue weighted by Gasteiger charge is -2.62. The second kappa shape index (κ2) is 14.5. The van der Waals surface area contributed by atoms with Crippen LogP contribution in [0.15, 0.2) is 111 Å². The van der Waals surface area contributed by atoms with Gasteiger partial charge in [-0.15, -0.1) is 0 Å². The van der Waals surface area contributed by atoms with Crippen molar-refractivity contribution >= 4 is 27.7 Å². The average Bonchev–Trinajstić information content (AvgIpc) is 3.20. The van der Waals surface area contributed by atoms with Gasteiger partial charge >= 0.3 is 16.9 Å². The van der Waals surface area contributed by atoms with Gasteiger partial charge in [0.25, 0.3) is 0 Å². The molecule has 3 aliphatic rings. The minimum absolute atomic E-state index is 0.122. The smallest absolute Gasteiger partial charge is 0.336 e. The van der Waals surface area contributed by atoms with Gasteiger partial charge in [0.1, 0.15) is 51.1 Å². The Balaban J connectivity index is 1.64. The van der Waals surface area contributed by atoms with E-state index in [1.165, 1.54) is 58.8 Å². The summed E-state index contributed by atoms with van der Waals surface area (Å²) >= 11 is 0. The van der Waals surface area contributed by atoms with Crippen LogP contribution in [0.4, 0.5) is 0 Å². The zero-order chi connectivity index (χ0) is 42.1. The van der Waals surface area contributed by atoms with E-state index in [2.05, 4.69) is 26.0 Å². The zero-order valence-corrected chi connectivity index (χ0v) is 34.5. The van der Waals surface area contributed by atoms with E-state index in [0.29, 0.717) is 57.7 Å². The van der Waals surface area contributed by atoms with Crippen molar-refractivity contribution in [2.24, 2.45) is 17.3 Å². The fraction of sp³-hybridized carbons (Fsp3) is 0.362. The molecule has 0 radical (unpaired) electrons. The van der Waals surface area contributed by atoms with Crippen LogP contribution < -0.4 is 35.8 Å². The van der Waals surface area contributed by atoms with Crippen molar-refractivity contribution in [3.05, 3.63) is 137 Å². The van der Waals surface area contributed by atoms with Crippen LogP contribution in [-0.4, -0.2) is 41.3 Å². The minimum Gasteiger partial charge on any atom is -0.500 e. The predicted molar refractivity (Wildman–Crippen MR) is 220 cm³/mol. The summed E-state index contributed by atoms with van der Waals surface area (Å²) in [6.45, 7) is 8.30. The Bertz CT molecular complexity index is 2830. The number of carbonyl (C=O) groups excluding carboxylic acids is 1. The molecule has 1 saturated carbocycles. The summed E-state index contributed by atoms with van der Waals surface area (Å²) in [7, 11) is 7.63. The molecule has 12 heteroatoms. The average molecular weight is 803 g/mol. The number of carbonyl (C=O) groups is 1. The van der Waals surface area contributed by atoms with E-state index in [4.69, 9.17) is 36.9 Å². The number of ether oxygens (including phenoxy) is 5. The van der Waals surface area contributed by atoms with Crippen molar-refractivity contribution in [2.45, 2.75) is 57.8 Å². The van der Waals surface area contributed by atoms with Gasteiger partial charge in [0.15, 0.2) is 5.78 Å². The maximum absolute atomic E-state index is 14.1. The van der Waals surface area contributed by atoms with Crippen molar-refractivity contribution in [1.82, 2.24) is 0 Å². The standard InChI is InChI=1S/C47H46O12/c1-23(2)16-25-22-46(4)21-24(3)17-29(39-33(54-7)19-31(52-5)27-11-14-36(49)57-43(27)39)41(46)42(40-34(55-8)20-32(53-6)28-12-15-37(50)58-44(28)40)47(25)35(56-9)18-30(48)26-10-13-38(51)59-45(26)47/h10-20,25,29,41-42H,21-22H2,1-9H3. The Kier molecular flexibility index (Phi) is 9.72. The van der Waals surface area contributed by atoms with Crippen LogP contribution in [0.3, 0.4) is 0 Å². The Morgan fingerprint density at radius 1 is 0.712 bits per heavy atom. The van der Waals surface area contributed by atoms with Crippen LogP contribution in [-0.2, 0) is 10.2 Å². The maximum atomic E-state index is 14.1. The molecule has 0 N–H and O–H groups in total. The molecule has 12 nitrogen and oxygen atoms in total. The highest BCUT2D eigenvalue weighted by Crippen LogP contribution is 2.72. The summed E-state index contributed by atoms with van der Waals surface area (Å²) in [5, 5.41) is 1.05. The van der Waals surface area contributed by atoms with Crippen LogP contribution in [0, 0.1) is 17.3 Å². The minimum atomic E-state index is -1.46. The molecule has 3 aliphatic carbocycles. The van der Waals surface area contributed by atoms with E-state index in [0.717, 1.165) is 11.1 Å². The van der Waals surface area contributed by atoms with Crippen LogP contribution >= 0.6 is 0 Å². The first-order chi connectivity index (χ1) is 28.2. The van der Waals surface area contributed by atoms with Gasteiger partial charge in [-0.25, -0.2) is 14.4 Å². The van der Waals surface area contributed by atoms with E-state index in [1.54, 1.807) is 31.4 Å². The van der Waals surface area contributed by atoms with E-state index in [1.807, 2.05) is 13.8 Å². The largest absolute Gasteiger partial charge is 0.500 e. The van der Waals surface area contributed by atoms with Gasteiger partial charge in [0.2, 0.25) is 0 Å². The molecule has 6 unspecified atom stereocenters. The second-order valence-corrected chi connectivity index (χ2v) is 16.3. The molecule has 0 saturated heterocycles. The van der Waals surface area contributed by atoms with Gasteiger partial charge in [-0.2, -0.15) is 0 Å². The second-order valence-electron chi connectivity index (χ2n) is 16.3. The molecule has 1 fully saturated rings. The highest BCUT2D eigenvalue weighted by molar-refractivity contribution is 6.07. The highest BCUT2D eigenvalue weighted by atomic mass is 16.5. The maximum Gasteiger partial charge on any atom is 0.336 e. The fourth-order valence-corrected chi connectivity index (χ4v) is 10.8. The fourth-order valence-electron chi connectivity index (χ4n) is 10.8. The van der Waals surface area contributed by atoms with Gasteiger partial charge in [-0.05, 0) is 69.1 Å². The van der Waals surface area contributed by atoms with Crippen LogP contribution in [0.1, 0.15) is 79.6 Å². The Morgan fingerprint density at radius 3 is 1.81 bits per heavy atom. The van der Waals surface area contributed by atoms with Gasteiger partial charge in [-0.3, -0.25) is 4.79 Å². The summed E-state index contributed by atoms with van der Waals surface area (Å²) in [5.74, 6) is -0.975. The number of fused-ring (bicyclic) bond motifs is 5. The van der Waals surface area contributed by atoms with E-state index in [9.17, 15) is 19.2 Å². The quantitative estimate of drug-likeness (QED) is 0.109. The first kappa shape index (κ1) is 39.5. The number of hydrogen-bond donors (Lipinski definition) is 0. The Morgan fingerprint density at radius 2 is 1.25 bits per heavy atom. The highest BCUT2D eigenvalue weighted by Gasteiger charge is 2.68. The number of benzene rings is 2. The summed E-state index contributed by atoms with van der Waals surface area (Å²) in [6.07, 6.45) is 6.92. The third kappa shape index (κ3) is 5.93. The third-order valence-electron chi connectivity index (χ3n) is 12.6.